The van der Waals surface area contributed by atoms with E-state index < -0.39 is 5.66 Å². The van der Waals surface area contributed by atoms with Crippen molar-refractivity contribution in [1.29, 1.82) is 0 Å². The van der Waals surface area contributed by atoms with Crippen LogP contribution in [0.25, 0.3) is 0 Å². The molecular formula is C9H12N2O2. The minimum absolute atomic E-state index is 0.129. The lowest BCUT2D eigenvalue weighted by Crippen LogP contribution is -2.35. The first-order valence-corrected chi connectivity index (χ1v) is 4.43. The van der Waals surface area contributed by atoms with Crippen LogP contribution in [0, 0.1) is 5.92 Å². The molecule has 0 saturated heterocycles. The van der Waals surface area contributed by atoms with Gasteiger partial charge in [0.25, 0.3) is 0 Å². The van der Waals surface area contributed by atoms with Gasteiger partial charge in [-0.15, -0.1) is 0 Å². The van der Waals surface area contributed by atoms with Crippen LogP contribution in [-0.2, 0) is 9.59 Å². The van der Waals surface area contributed by atoms with Gasteiger partial charge in [0.05, 0.1) is 0 Å². The van der Waals surface area contributed by atoms with E-state index in [9.17, 15) is 9.59 Å². The van der Waals surface area contributed by atoms with Crippen molar-refractivity contribution in [1.82, 2.24) is 0 Å². The number of aliphatic imine (C=N–C) groups is 2. The van der Waals surface area contributed by atoms with E-state index >= 15 is 0 Å². The third-order valence-electron chi connectivity index (χ3n) is 2.70. The Labute approximate surface area is 76.8 Å². The Morgan fingerprint density at radius 3 is 2.31 bits per heavy atom. The molecule has 0 aromatic heterocycles. The van der Waals surface area contributed by atoms with E-state index in [-0.39, 0.29) is 5.92 Å². The minimum Gasteiger partial charge on any atom is -0.211 e. The van der Waals surface area contributed by atoms with E-state index in [2.05, 4.69) is 9.98 Å². The topological polar surface area (TPSA) is 58.9 Å². The third-order valence-corrected chi connectivity index (χ3v) is 2.70. The van der Waals surface area contributed by atoms with E-state index in [0.29, 0.717) is 6.42 Å². The molecule has 1 saturated carbocycles. The van der Waals surface area contributed by atoms with E-state index in [4.69, 9.17) is 0 Å². The van der Waals surface area contributed by atoms with Gasteiger partial charge in [-0.25, -0.2) is 9.59 Å². The van der Waals surface area contributed by atoms with Gasteiger partial charge in [0, 0.05) is 5.92 Å². The fraction of sp³-hybridized carbons (Fsp3) is 0.778. The van der Waals surface area contributed by atoms with Crippen molar-refractivity contribution in [3.8, 4) is 0 Å². The lowest BCUT2D eigenvalue weighted by molar-refractivity contribution is 0.216. The van der Waals surface area contributed by atoms with Crippen molar-refractivity contribution in [2.45, 2.75) is 38.3 Å². The van der Waals surface area contributed by atoms with Crippen molar-refractivity contribution in [3.05, 3.63) is 0 Å². The zero-order valence-electron chi connectivity index (χ0n) is 7.62. The lowest BCUT2D eigenvalue weighted by atomic mass is 9.81. The summed E-state index contributed by atoms with van der Waals surface area (Å²) in [5.74, 6) is 0.129. The second kappa shape index (κ2) is 4.13. The number of nitrogens with zero attached hydrogens (tertiary/aromatic N) is 2. The highest BCUT2D eigenvalue weighted by Crippen LogP contribution is 2.37. The molecule has 0 radical (unpaired) electrons. The van der Waals surface area contributed by atoms with Crippen molar-refractivity contribution in [3.63, 3.8) is 0 Å². The van der Waals surface area contributed by atoms with E-state index in [1.165, 1.54) is 12.2 Å². The van der Waals surface area contributed by atoms with Gasteiger partial charge in [-0.3, -0.25) is 0 Å². The summed E-state index contributed by atoms with van der Waals surface area (Å²) in [5.41, 5.74) is -0.859. The molecule has 4 nitrogen and oxygen atoms in total. The van der Waals surface area contributed by atoms with Crippen LogP contribution in [0.5, 0.6) is 0 Å². The quantitative estimate of drug-likeness (QED) is 0.478. The Morgan fingerprint density at radius 1 is 1.23 bits per heavy atom. The van der Waals surface area contributed by atoms with Gasteiger partial charge in [0.15, 0.2) is 5.66 Å². The highest BCUT2D eigenvalue weighted by molar-refractivity contribution is 5.39. The van der Waals surface area contributed by atoms with Crippen LogP contribution in [0.4, 0.5) is 0 Å². The van der Waals surface area contributed by atoms with Crippen molar-refractivity contribution < 1.29 is 9.59 Å². The molecule has 70 valence electrons. The summed E-state index contributed by atoms with van der Waals surface area (Å²) >= 11 is 0. The molecule has 0 N–H and O–H groups in total. The molecule has 1 aliphatic rings. The van der Waals surface area contributed by atoms with Crippen molar-refractivity contribution in [2.75, 3.05) is 0 Å². The Balaban J connectivity index is 2.98. The lowest BCUT2D eigenvalue weighted by Gasteiger charge is -2.32. The maximum Gasteiger partial charge on any atom is 0.237 e. The average molecular weight is 180 g/mol. The predicted octanol–water partition coefficient (Wildman–Crippen LogP) is 1.56. The van der Waals surface area contributed by atoms with E-state index in [0.717, 1.165) is 19.3 Å². The first kappa shape index (κ1) is 9.85. The minimum atomic E-state index is -0.859. The Morgan fingerprint density at radius 2 is 1.85 bits per heavy atom. The summed E-state index contributed by atoms with van der Waals surface area (Å²) in [7, 11) is 0. The molecule has 13 heavy (non-hydrogen) atoms. The number of rotatable bonds is 2. The molecule has 1 rings (SSSR count). The number of hydrogen-bond donors (Lipinski definition) is 0. The molecule has 4 heteroatoms. The molecule has 1 aliphatic carbocycles. The average Bonchev–Trinajstić information content (AvgIpc) is 2.11. The summed E-state index contributed by atoms with van der Waals surface area (Å²) in [6, 6.07) is 0. The zero-order chi connectivity index (χ0) is 9.73. The van der Waals surface area contributed by atoms with Crippen LogP contribution >= 0.6 is 0 Å². The molecule has 0 aromatic rings. The molecule has 1 unspecified atom stereocenters. The number of hydrogen-bond acceptors (Lipinski definition) is 4. The standard InChI is InChI=1S/C9H12N2O2/c1-8-4-2-3-5-9(8,10-6-12)11-7-13/h8H,2-5H2,1H3. The van der Waals surface area contributed by atoms with Gasteiger partial charge in [0.2, 0.25) is 12.2 Å². The van der Waals surface area contributed by atoms with Gasteiger partial charge in [0.1, 0.15) is 0 Å². The van der Waals surface area contributed by atoms with Crippen molar-refractivity contribution >= 4 is 12.2 Å². The van der Waals surface area contributed by atoms with Gasteiger partial charge < -0.3 is 0 Å². The molecule has 0 spiro atoms. The van der Waals surface area contributed by atoms with Crippen LogP contribution in [0.1, 0.15) is 32.6 Å². The normalized spacial score (nSPS) is 32.8. The van der Waals surface area contributed by atoms with Crippen LogP contribution in [0.2, 0.25) is 0 Å². The smallest absolute Gasteiger partial charge is 0.211 e. The van der Waals surface area contributed by atoms with Gasteiger partial charge in [-0.1, -0.05) is 13.3 Å². The highest BCUT2D eigenvalue weighted by atomic mass is 16.1. The third kappa shape index (κ3) is 1.92. The Kier molecular flexibility index (Phi) is 3.13. The number of carbonyl (C=O) groups excluding carboxylic acids is 2. The zero-order valence-corrected chi connectivity index (χ0v) is 7.62. The van der Waals surface area contributed by atoms with Gasteiger partial charge in [-0.2, -0.15) is 9.98 Å². The van der Waals surface area contributed by atoms with Crippen LogP contribution in [0.15, 0.2) is 9.98 Å². The predicted molar refractivity (Wildman–Crippen MR) is 46.6 cm³/mol. The molecule has 0 bridgehead atoms. The maximum atomic E-state index is 10.2. The molecule has 1 atom stereocenters. The SMILES string of the molecule is CC1CCCCC1(N=C=O)N=C=O. The largest absolute Gasteiger partial charge is 0.237 e. The Hall–Kier alpha value is -1.24. The fourth-order valence-electron chi connectivity index (χ4n) is 1.83. The maximum absolute atomic E-state index is 10.2. The molecule has 0 aromatic carbocycles. The summed E-state index contributed by atoms with van der Waals surface area (Å²) in [4.78, 5) is 27.7. The second-order valence-corrected chi connectivity index (χ2v) is 3.43. The number of isocyanates is 2. The summed E-state index contributed by atoms with van der Waals surface area (Å²) in [5, 5.41) is 0. The molecule has 0 heterocycles. The second-order valence-electron chi connectivity index (χ2n) is 3.43. The van der Waals surface area contributed by atoms with Crippen LogP contribution in [-0.4, -0.2) is 17.8 Å². The van der Waals surface area contributed by atoms with Gasteiger partial charge >= 0.3 is 0 Å². The van der Waals surface area contributed by atoms with Crippen LogP contribution in [0.3, 0.4) is 0 Å². The Bertz CT molecular complexity index is 257. The first-order valence-electron chi connectivity index (χ1n) is 4.43. The van der Waals surface area contributed by atoms with Gasteiger partial charge in [-0.05, 0) is 19.3 Å². The van der Waals surface area contributed by atoms with E-state index in [1.807, 2.05) is 6.92 Å². The molecule has 0 aliphatic heterocycles. The summed E-state index contributed by atoms with van der Waals surface area (Å²) in [6.45, 7) is 1.95. The monoisotopic (exact) mass is 180 g/mol. The summed E-state index contributed by atoms with van der Waals surface area (Å²) in [6.07, 6.45) is 6.63. The molecule has 1 fully saturated rings. The first-order chi connectivity index (χ1) is 6.25. The molecule has 0 amide bonds. The fourth-order valence-corrected chi connectivity index (χ4v) is 1.83. The van der Waals surface area contributed by atoms with Crippen molar-refractivity contribution in [2.24, 2.45) is 15.9 Å². The highest BCUT2D eigenvalue weighted by Gasteiger charge is 2.38. The van der Waals surface area contributed by atoms with E-state index in [1.54, 1.807) is 0 Å². The summed E-state index contributed by atoms with van der Waals surface area (Å²) < 4.78 is 0. The van der Waals surface area contributed by atoms with Crippen LogP contribution < -0.4 is 0 Å². The molecular weight excluding hydrogens is 168 g/mol.